The van der Waals surface area contributed by atoms with Gasteiger partial charge in [0.05, 0.1) is 11.0 Å². The number of nitrogens with zero attached hydrogens (tertiary/aromatic N) is 4. The molecule has 0 bridgehead atoms. The summed E-state index contributed by atoms with van der Waals surface area (Å²) >= 11 is 0. The number of azide groups is 1. The van der Waals surface area contributed by atoms with Crippen LogP contribution < -0.4 is 0 Å². The summed E-state index contributed by atoms with van der Waals surface area (Å²) in [5.41, 5.74) is 8.62. The van der Waals surface area contributed by atoms with Gasteiger partial charge in [-0.2, -0.15) is 0 Å². The summed E-state index contributed by atoms with van der Waals surface area (Å²) in [7, 11) is 0. The van der Waals surface area contributed by atoms with E-state index in [1.165, 1.54) is 6.07 Å². The molecule has 14 heavy (non-hydrogen) atoms. The van der Waals surface area contributed by atoms with Crippen molar-refractivity contribution < 1.29 is 4.92 Å². The van der Waals surface area contributed by atoms with Crippen molar-refractivity contribution in [1.29, 1.82) is 0 Å². The molecule has 0 aliphatic rings. The predicted octanol–water partition coefficient (Wildman–Crippen LogP) is 2.97. The van der Waals surface area contributed by atoms with Crippen molar-refractivity contribution in [3.05, 3.63) is 50.4 Å². The summed E-state index contributed by atoms with van der Waals surface area (Å²) in [5.74, 6) is 0. The smallest absolute Gasteiger partial charge is 0.258 e. The molecule has 1 aromatic carbocycles. The minimum Gasteiger partial charge on any atom is -0.258 e. The molecule has 1 aromatic rings. The van der Waals surface area contributed by atoms with Gasteiger partial charge in [0.2, 0.25) is 0 Å². The Balaban J connectivity index is 3.19. The lowest BCUT2D eigenvalue weighted by Gasteiger charge is -2.04. The van der Waals surface area contributed by atoms with Gasteiger partial charge in [0.15, 0.2) is 0 Å². The molecule has 0 heterocycles. The second-order valence-electron chi connectivity index (χ2n) is 2.70. The number of rotatable bonds is 3. The molecule has 0 spiro atoms. The number of hydrogen-bond donors (Lipinski definition) is 0. The van der Waals surface area contributed by atoms with E-state index < -0.39 is 11.0 Å². The summed E-state index contributed by atoms with van der Waals surface area (Å²) < 4.78 is 0. The quantitative estimate of drug-likeness (QED) is 0.242. The molecule has 0 unspecified atom stereocenters. The Morgan fingerprint density at radius 2 is 2.21 bits per heavy atom. The molecule has 6 heteroatoms. The Bertz CT molecular complexity index is 398. The van der Waals surface area contributed by atoms with Gasteiger partial charge in [-0.05, 0) is 5.53 Å². The Kier molecular flexibility index (Phi) is 3.04. The van der Waals surface area contributed by atoms with Crippen molar-refractivity contribution in [2.75, 3.05) is 0 Å². The topological polar surface area (TPSA) is 91.9 Å². The lowest BCUT2D eigenvalue weighted by atomic mass is 10.1. The van der Waals surface area contributed by atoms with Gasteiger partial charge in [-0.25, -0.2) is 0 Å². The van der Waals surface area contributed by atoms with Gasteiger partial charge in [-0.1, -0.05) is 30.2 Å². The van der Waals surface area contributed by atoms with Crippen LogP contribution in [-0.4, -0.2) is 4.92 Å². The first-order valence-electron chi connectivity index (χ1n) is 3.94. The van der Waals surface area contributed by atoms with Crippen LogP contribution in [0.1, 0.15) is 18.5 Å². The molecule has 0 amide bonds. The number of nitro benzene ring substituents is 1. The minimum atomic E-state index is -0.526. The third-order valence-corrected chi connectivity index (χ3v) is 1.81. The van der Waals surface area contributed by atoms with Crippen LogP contribution in [0.15, 0.2) is 29.4 Å². The first-order chi connectivity index (χ1) is 6.66. The van der Waals surface area contributed by atoms with Crippen molar-refractivity contribution in [3.63, 3.8) is 0 Å². The number of para-hydroxylation sites is 1. The highest BCUT2D eigenvalue weighted by Crippen LogP contribution is 2.26. The molecular formula is C8H8N4O2. The molecule has 0 radical (unpaired) electrons. The van der Waals surface area contributed by atoms with Crippen molar-refractivity contribution in [2.24, 2.45) is 5.11 Å². The molecule has 72 valence electrons. The van der Waals surface area contributed by atoms with Crippen LogP contribution in [0.3, 0.4) is 0 Å². The minimum absolute atomic E-state index is 0.0209. The molecule has 6 nitrogen and oxygen atoms in total. The molecular weight excluding hydrogens is 184 g/mol. The highest BCUT2D eigenvalue weighted by Gasteiger charge is 2.16. The third-order valence-electron chi connectivity index (χ3n) is 1.81. The second-order valence-corrected chi connectivity index (χ2v) is 2.70. The average Bonchev–Trinajstić information content (AvgIpc) is 2.18. The maximum absolute atomic E-state index is 10.6. The molecule has 1 atom stereocenters. The molecule has 0 saturated carbocycles. The highest BCUT2D eigenvalue weighted by molar-refractivity contribution is 5.41. The van der Waals surface area contributed by atoms with E-state index in [4.69, 9.17) is 5.53 Å². The largest absolute Gasteiger partial charge is 0.272 e. The zero-order chi connectivity index (χ0) is 10.6. The van der Waals surface area contributed by atoms with Gasteiger partial charge in [0.1, 0.15) is 0 Å². The lowest BCUT2D eigenvalue weighted by Crippen LogP contribution is -1.96. The fourth-order valence-corrected chi connectivity index (χ4v) is 1.15. The number of hydrogen-bond acceptors (Lipinski definition) is 3. The van der Waals surface area contributed by atoms with E-state index in [-0.39, 0.29) is 5.69 Å². The fourth-order valence-electron chi connectivity index (χ4n) is 1.15. The molecule has 0 saturated heterocycles. The van der Waals surface area contributed by atoms with Crippen molar-refractivity contribution in [3.8, 4) is 0 Å². The van der Waals surface area contributed by atoms with Crippen LogP contribution in [0.25, 0.3) is 10.4 Å². The zero-order valence-corrected chi connectivity index (χ0v) is 7.49. The first kappa shape index (κ1) is 10.0. The van der Waals surface area contributed by atoms with Gasteiger partial charge in [-0.3, -0.25) is 10.1 Å². The first-order valence-corrected chi connectivity index (χ1v) is 3.94. The SMILES string of the molecule is C[C@H](N=[N+]=[N-])c1ccccc1[N+](=O)[O-]. The van der Waals surface area contributed by atoms with Crippen molar-refractivity contribution >= 4 is 5.69 Å². The van der Waals surface area contributed by atoms with E-state index in [2.05, 4.69) is 10.0 Å². The Morgan fingerprint density at radius 3 is 2.79 bits per heavy atom. The maximum Gasteiger partial charge on any atom is 0.272 e. The summed E-state index contributed by atoms with van der Waals surface area (Å²) in [6.45, 7) is 1.61. The fraction of sp³-hybridized carbons (Fsp3) is 0.250. The predicted molar refractivity (Wildman–Crippen MR) is 50.7 cm³/mol. The van der Waals surface area contributed by atoms with Gasteiger partial charge >= 0.3 is 0 Å². The maximum atomic E-state index is 10.6. The van der Waals surface area contributed by atoms with Crippen LogP contribution >= 0.6 is 0 Å². The number of benzene rings is 1. The molecule has 0 N–H and O–H groups in total. The third kappa shape index (κ3) is 1.99. The Hall–Kier alpha value is -2.07. The monoisotopic (exact) mass is 192 g/mol. The molecule has 0 fully saturated rings. The van der Waals surface area contributed by atoms with Crippen molar-refractivity contribution in [1.82, 2.24) is 0 Å². The van der Waals surface area contributed by atoms with Gasteiger partial charge in [-0.15, -0.1) is 0 Å². The zero-order valence-electron chi connectivity index (χ0n) is 7.49. The van der Waals surface area contributed by atoms with Gasteiger partial charge in [0.25, 0.3) is 5.69 Å². The molecule has 0 aliphatic carbocycles. The van der Waals surface area contributed by atoms with E-state index in [9.17, 15) is 10.1 Å². The molecule has 0 aliphatic heterocycles. The van der Waals surface area contributed by atoms with E-state index in [1.54, 1.807) is 25.1 Å². The van der Waals surface area contributed by atoms with Crippen LogP contribution in [-0.2, 0) is 0 Å². The van der Waals surface area contributed by atoms with E-state index in [0.717, 1.165) is 0 Å². The Morgan fingerprint density at radius 1 is 1.57 bits per heavy atom. The van der Waals surface area contributed by atoms with Gasteiger partial charge in [0, 0.05) is 16.5 Å². The average molecular weight is 192 g/mol. The van der Waals surface area contributed by atoms with Crippen LogP contribution in [0.4, 0.5) is 5.69 Å². The standard InChI is InChI=1S/C8H8N4O2/c1-6(10-11-9)7-4-2-3-5-8(7)12(13)14/h2-6H,1H3/t6-/m0/s1. The summed E-state index contributed by atoms with van der Waals surface area (Å²) in [6, 6.07) is 5.69. The van der Waals surface area contributed by atoms with E-state index in [1.807, 2.05) is 0 Å². The second kappa shape index (κ2) is 4.25. The van der Waals surface area contributed by atoms with Crippen LogP contribution in [0, 0.1) is 10.1 Å². The Labute approximate surface area is 79.9 Å². The lowest BCUT2D eigenvalue weighted by molar-refractivity contribution is -0.385. The van der Waals surface area contributed by atoms with Gasteiger partial charge < -0.3 is 0 Å². The highest BCUT2D eigenvalue weighted by atomic mass is 16.6. The van der Waals surface area contributed by atoms with E-state index >= 15 is 0 Å². The summed E-state index contributed by atoms with van der Waals surface area (Å²) in [6.07, 6.45) is 0. The molecule has 1 rings (SSSR count). The van der Waals surface area contributed by atoms with Crippen molar-refractivity contribution in [2.45, 2.75) is 13.0 Å². The normalized spacial score (nSPS) is 11.5. The number of nitro groups is 1. The molecule has 0 aromatic heterocycles. The summed E-state index contributed by atoms with van der Waals surface area (Å²) in [4.78, 5) is 12.7. The van der Waals surface area contributed by atoms with Crippen LogP contribution in [0.5, 0.6) is 0 Å². The summed E-state index contributed by atoms with van der Waals surface area (Å²) in [5, 5.41) is 14.0. The van der Waals surface area contributed by atoms with E-state index in [0.29, 0.717) is 5.56 Å². The van der Waals surface area contributed by atoms with Crippen LogP contribution in [0.2, 0.25) is 0 Å².